The van der Waals surface area contributed by atoms with E-state index in [1.807, 2.05) is 0 Å². The van der Waals surface area contributed by atoms with Gasteiger partial charge in [-0.2, -0.15) is 0 Å². The minimum atomic E-state index is -0.465. The molecule has 2 aliphatic rings. The monoisotopic (exact) mass is 157 g/mol. The summed E-state index contributed by atoms with van der Waals surface area (Å²) in [6, 6.07) is 0.0475. The van der Waals surface area contributed by atoms with E-state index in [-0.39, 0.29) is 18.2 Å². The first-order valence-corrected chi connectivity index (χ1v) is 3.92. The summed E-state index contributed by atoms with van der Waals surface area (Å²) in [4.78, 5) is 10.7. The summed E-state index contributed by atoms with van der Waals surface area (Å²) < 4.78 is 4.88. The molecule has 1 aliphatic heterocycles. The maximum atomic E-state index is 10.7. The van der Waals surface area contributed by atoms with E-state index in [1.165, 1.54) is 0 Å². The van der Waals surface area contributed by atoms with Crippen LogP contribution >= 0.6 is 0 Å². The van der Waals surface area contributed by atoms with Gasteiger partial charge in [0.25, 0.3) is 0 Å². The molecule has 0 aromatic heterocycles. The summed E-state index contributed by atoms with van der Waals surface area (Å²) in [6.45, 7) is 0. The fourth-order valence-electron chi connectivity index (χ4n) is 1.77. The lowest BCUT2D eigenvalue weighted by Crippen LogP contribution is -2.42. The van der Waals surface area contributed by atoms with Crippen LogP contribution in [0.2, 0.25) is 0 Å². The summed E-state index contributed by atoms with van der Waals surface area (Å²) in [6.07, 6.45) is 1.49. The zero-order valence-electron chi connectivity index (χ0n) is 6.12. The molecule has 1 aliphatic carbocycles. The minimum Gasteiger partial charge on any atom is -0.441 e. The first-order valence-electron chi connectivity index (χ1n) is 3.92. The first kappa shape index (κ1) is 6.91. The quantitative estimate of drug-likeness (QED) is 0.520. The van der Waals surface area contributed by atoms with E-state index in [0.717, 1.165) is 19.3 Å². The molecule has 1 heterocycles. The number of hydrogen-bond donors (Lipinski definition) is 2. The van der Waals surface area contributed by atoms with Crippen molar-refractivity contribution in [2.45, 2.75) is 37.5 Å². The minimum absolute atomic E-state index is 0.0475. The van der Waals surface area contributed by atoms with Gasteiger partial charge in [-0.1, -0.05) is 0 Å². The van der Waals surface area contributed by atoms with Crippen molar-refractivity contribution < 1.29 is 14.6 Å². The molecule has 2 N–H and O–H groups in total. The van der Waals surface area contributed by atoms with Crippen molar-refractivity contribution in [3.8, 4) is 0 Å². The van der Waals surface area contributed by atoms with Crippen LogP contribution in [-0.4, -0.2) is 29.4 Å². The van der Waals surface area contributed by atoms with Gasteiger partial charge in [-0.3, -0.25) is 0 Å². The second-order valence-electron chi connectivity index (χ2n) is 3.12. The van der Waals surface area contributed by atoms with Crippen LogP contribution in [0.3, 0.4) is 0 Å². The summed E-state index contributed by atoms with van der Waals surface area (Å²) in [5.41, 5.74) is 0. The van der Waals surface area contributed by atoms with E-state index in [0.29, 0.717) is 0 Å². The predicted octanol–water partition coefficient (Wildman–Crippen LogP) is 0.00820. The standard InChI is InChI=1S/C7H11NO3/c9-5-3-1-2-4-6(5)11-7(10)8-4/h4-6,9H,1-3H2,(H,8,10). The van der Waals surface area contributed by atoms with Crippen molar-refractivity contribution in [2.24, 2.45) is 0 Å². The molecule has 3 atom stereocenters. The number of carbonyl (C=O) groups is 1. The van der Waals surface area contributed by atoms with E-state index in [9.17, 15) is 9.90 Å². The fraction of sp³-hybridized carbons (Fsp3) is 0.857. The van der Waals surface area contributed by atoms with Crippen LogP contribution in [0.5, 0.6) is 0 Å². The number of ether oxygens (including phenoxy) is 1. The van der Waals surface area contributed by atoms with Gasteiger partial charge in [0, 0.05) is 0 Å². The maximum Gasteiger partial charge on any atom is 0.407 e. The van der Waals surface area contributed by atoms with Crippen molar-refractivity contribution in [3.05, 3.63) is 0 Å². The lowest BCUT2D eigenvalue weighted by molar-refractivity contribution is -0.00305. The molecule has 0 bridgehead atoms. The van der Waals surface area contributed by atoms with Gasteiger partial charge in [0.1, 0.15) is 6.10 Å². The van der Waals surface area contributed by atoms with Crippen LogP contribution in [0.15, 0.2) is 0 Å². The molecular formula is C7H11NO3. The molecule has 3 unspecified atom stereocenters. The van der Waals surface area contributed by atoms with Crippen LogP contribution in [0.25, 0.3) is 0 Å². The zero-order valence-corrected chi connectivity index (χ0v) is 6.12. The number of amides is 1. The predicted molar refractivity (Wildman–Crippen MR) is 37.1 cm³/mol. The molecular weight excluding hydrogens is 146 g/mol. The van der Waals surface area contributed by atoms with Crippen LogP contribution < -0.4 is 5.32 Å². The molecule has 0 aromatic rings. The first-order chi connectivity index (χ1) is 5.27. The number of aliphatic hydroxyl groups is 1. The van der Waals surface area contributed by atoms with Crippen molar-refractivity contribution in [2.75, 3.05) is 0 Å². The summed E-state index contributed by atoms with van der Waals surface area (Å²) in [5, 5.41) is 12.0. The maximum absolute atomic E-state index is 10.7. The van der Waals surface area contributed by atoms with Gasteiger partial charge < -0.3 is 15.2 Å². The second-order valence-corrected chi connectivity index (χ2v) is 3.12. The average molecular weight is 157 g/mol. The number of nitrogens with one attached hydrogen (secondary N) is 1. The van der Waals surface area contributed by atoms with Crippen LogP contribution in [0, 0.1) is 0 Å². The number of carbonyl (C=O) groups excluding carboxylic acids is 1. The molecule has 4 heteroatoms. The normalized spacial score (nSPS) is 42.6. The zero-order chi connectivity index (χ0) is 7.84. The van der Waals surface area contributed by atoms with Gasteiger partial charge in [0.2, 0.25) is 0 Å². The van der Waals surface area contributed by atoms with Gasteiger partial charge in [-0.25, -0.2) is 4.79 Å². The Morgan fingerprint density at radius 2 is 2.36 bits per heavy atom. The molecule has 1 amide bonds. The SMILES string of the molecule is O=C1NC2CCCC(O)C2O1. The highest BCUT2D eigenvalue weighted by atomic mass is 16.6. The highest BCUT2D eigenvalue weighted by molar-refractivity contribution is 5.70. The molecule has 2 fully saturated rings. The molecule has 0 radical (unpaired) electrons. The van der Waals surface area contributed by atoms with Crippen LogP contribution in [0.1, 0.15) is 19.3 Å². The molecule has 11 heavy (non-hydrogen) atoms. The molecule has 1 saturated heterocycles. The Bertz CT molecular complexity index is 183. The van der Waals surface area contributed by atoms with Gasteiger partial charge in [0.05, 0.1) is 12.1 Å². The topological polar surface area (TPSA) is 58.6 Å². The highest BCUT2D eigenvalue weighted by Gasteiger charge is 2.41. The van der Waals surface area contributed by atoms with E-state index >= 15 is 0 Å². The van der Waals surface area contributed by atoms with Crippen LogP contribution in [-0.2, 0) is 4.74 Å². The lowest BCUT2D eigenvalue weighted by Gasteiger charge is -2.26. The van der Waals surface area contributed by atoms with E-state index in [1.54, 1.807) is 0 Å². The fourth-order valence-corrected chi connectivity index (χ4v) is 1.77. The number of fused-ring (bicyclic) bond motifs is 1. The van der Waals surface area contributed by atoms with Gasteiger partial charge in [-0.05, 0) is 19.3 Å². The van der Waals surface area contributed by atoms with Crippen molar-refractivity contribution in [1.29, 1.82) is 0 Å². The van der Waals surface area contributed by atoms with Crippen LogP contribution in [0.4, 0.5) is 4.79 Å². The van der Waals surface area contributed by atoms with E-state index in [4.69, 9.17) is 4.74 Å². The third-order valence-electron chi connectivity index (χ3n) is 2.34. The Kier molecular flexibility index (Phi) is 1.49. The largest absolute Gasteiger partial charge is 0.441 e. The molecule has 0 aromatic carbocycles. The van der Waals surface area contributed by atoms with Gasteiger partial charge >= 0.3 is 6.09 Å². The lowest BCUT2D eigenvalue weighted by atomic mass is 9.91. The second kappa shape index (κ2) is 2.37. The summed E-state index contributed by atoms with van der Waals surface area (Å²) in [7, 11) is 0. The molecule has 0 spiro atoms. The van der Waals surface area contributed by atoms with Gasteiger partial charge in [0.15, 0.2) is 0 Å². The third-order valence-corrected chi connectivity index (χ3v) is 2.34. The number of alkyl carbamates (subject to hydrolysis) is 1. The number of rotatable bonds is 0. The Balaban J connectivity index is 2.09. The molecule has 1 saturated carbocycles. The molecule has 2 rings (SSSR count). The van der Waals surface area contributed by atoms with Crippen molar-refractivity contribution in [1.82, 2.24) is 5.32 Å². The molecule has 4 nitrogen and oxygen atoms in total. The molecule has 62 valence electrons. The smallest absolute Gasteiger partial charge is 0.407 e. The van der Waals surface area contributed by atoms with E-state index < -0.39 is 6.10 Å². The Morgan fingerprint density at radius 3 is 3.09 bits per heavy atom. The summed E-state index contributed by atoms with van der Waals surface area (Å²) >= 11 is 0. The highest BCUT2D eigenvalue weighted by Crippen LogP contribution is 2.25. The Labute approximate surface area is 64.5 Å². The Morgan fingerprint density at radius 1 is 1.55 bits per heavy atom. The summed E-state index contributed by atoms with van der Waals surface area (Å²) in [5.74, 6) is 0. The average Bonchev–Trinajstić information content (AvgIpc) is 2.31. The van der Waals surface area contributed by atoms with E-state index in [2.05, 4.69) is 5.32 Å². The number of hydrogen-bond acceptors (Lipinski definition) is 3. The van der Waals surface area contributed by atoms with Gasteiger partial charge in [-0.15, -0.1) is 0 Å². The van der Waals surface area contributed by atoms with Crippen molar-refractivity contribution >= 4 is 6.09 Å². The third kappa shape index (κ3) is 1.07. The Hall–Kier alpha value is -0.770. The number of aliphatic hydroxyl groups excluding tert-OH is 1. The van der Waals surface area contributed by atoms with Crippen molar-refractivity contribution in [3.63, 3.8) is 0 Å².